The Labute approximate surface area is 307 Å². The number of unbranched alkanes of at least 4 members (excludes halogenated alkanes) is 24. The third-order valence-corrected chi connectivity index (χ3v) is 9.64. The Bertz CT molecular complexity index is 648. The van der Waals surface area contributed by atoms with Crippen molar-refractivity contribution < 1.29 is 14.3 Å². The number of amides is 1. The highest BCUT2D eigenvalue weighted by Crippen LogP contribution is 2.12. The Morgan fingerprint density at radius 3 is 1.12 bits per heavy atom. The summed E-state index contributed by atoms with van der Waals surface area (Å²) in [6.45, 7) is 10.2. The van der Waals surface area contributed by atoms with E-state index in [4.69, 9.17) is 9.47 Å². The summed E-state index contributed by atoms with van der Waals surface area (Å²) in [5, 5.41) is 2.74. The number of rotatable bonds is 41. The van der Waals surface area contributed by atoms with E-state index < -0.39 is 0 Å². The van der Waals surface area contributed by atoms with Gasteiger partial charge in [-0.2, -0.15) is 0 Å². The van der Waals surface area contributed by atoms with Gasteiger partial charge in [0.25, 0.3) is 0 Å². The first-order chi connectivity index (χ1) is 24.2. The number of allylic oxidation sites excluding steroid dienone is 4. The zero-order valence-corrected chi connectivity index (χ0v) is 33.4. The lowest BCUT2D eigenvalue weighted by atomic mass is 10.1. The molecule has 0 spiro atoms. The number of carbonyl (C=O) groups excluding carboxylic acids is 1. The van der Waals surface area contributed by atoms with E-state index in [0.29, 0.717) is 6.42 Å². The number of nitrogens with one attached hydrogen (secondary N) is 1. The maximum absolute atomic E-state index is 11.8. The highest BCUT2D eigenvalue weighted by molar-refractivity contribution is 5.75. The number of hydrogen-bond donors (Lipinski definition) is 1. The molecule has 0 saturated heterocycles. The van der Waals surface area contributed by atoms with E-state index in [0.717, 1.165) is 58.9 Å². The fourth-order valence-electron chi connectivity index (χ4n) is 6.21. The Kier molecular flexibility index (Phi) is 42.0. The summed E-state index contributed by atoms with van der Waals surface area (Å²) in [7, 11) is 1.71. The summed E-state index contributed by atoms with van der Waals surface area (Å²) in [5.74, 6) is 0.0974. The molecule has 49 heavy (non-hydrogen) atoms. The van der Waals surface area contributed by atoms with Crippen LogP contribution < -0.4 is 5.32 Å². The lowest BCUT2D eigenvalue weighted by Crippen LogP contribution is -2.34. The van der Waals surface area contributed by atoms with E-state index in [1.54, 1.807) is 7.05 Å². The first-order valence-corrected chi connectivity index (χ1v) is 21.6. The third-order valence-electron chi connectivity index (χ3n) is 9.64. The molecule has 0 heterocycles. The van der Waals surface area contributed by atoms with Gasteiger partial charge < -0.3 is 14.8 Å². The lowest BCUT2D eigenvalue weighted by Gasteiger charge is -2.22. The Morgan fingerprint density at radius 1 is 0.449 bits per heavy atom. The van der Waals surface area contributed by atoms with Crippen LogP contribution in [0.25, 0.3) is 0 Å². The molecule has 1 N–H and O–H groups in total. The van der Waals surface area contributed by atoms with Crippen LogP contribution in [0.4, 0.5) is 0 Å². The molecule has 290 valence electrons. The molecule has 0 radical (unpaired) electrons. The van der Waals surface area contributed by atoms with Gasteiger partial charge in [-0.05, 0) is 64.2 Å². The molecule has 0 aliphatic carbocycles. The number of nitrogens with zero attached hydrogens (tertiary/aromatic N) is 1. The van der Waals surface area contributed by atoms with E-state index in [1.807, 2.05) is 0 Å². The van der Waals surface area contributed by atoms with Crippen LogP contribution in [-0.4, -0.2) is 63.9 Å². The molecular weight excluding hydrogens is 604 g/mol. The molecule has 0 saturated carbocycles. The summed E-state index contributed by atoms with van der Waals surface area (Å²) in [6.07, 6.45) is 47.4. The zero-order chi connectivity index (χ0) is 35.6. The van der Waals surface area contributed by atoms with Crippen molar-refractivity contribution in [2.24, 2.45) is 0 Å². The summed E-state index contributed by atoms with van der Waals surface area (Å²) in [5.41, 5.74) is 0. The van der Waals surface area contributed by atoms with E-state index in [-0.39, 0.29) is 5.91 Å². The normalized spacial score (nSPS) is 11.9. The fraction of sp³-hybridized carbons (Fsp3) is 0.886. The lowest BCUT2D eigenvalue weighted by molar-refractivity contribution is -0.121. The molecule has 0 aliphatic heterocycles. The largest absolute Gasteiger partial charge is 0.380 e. The van der Waals surface area contributed by atoms with E-state index in [9.17, 15) is 4.79 Å². The SMILES string of the molecule is CCCCCCCC/C=C\CCCCCCCCOCCN(CCOCCCCCCCC/C=C\CCCCCCCC)CCC(=O)NC. The minimum atomic E-state index is 0.0974. The van der Waals surface area contributed by atoms with Crippen molar-refractivity contribution in [3.63, 3.8) is 0 Å². The average molecular weight is 691 g/mol. The average Bonchev–Trinajstić information content (AvgIpc) is 3.11. The monoisotopic (exact) mass is 691 g/mol. The van der Waals surface area contributed by atoms with Crippen LogP contribution in [0.1, 0.15) is 200 Å². The molecule has 0 aromatic heterocycles. The van der Waals surface area contributed by atoms with Gasteiger partial charge in [-0.1, -0.05) is 154 Å². The zero-order valence-electron chi connectivity index (χ0n) is 33.4. The van der Waals surface area contributed by atoms with Gasteiger partial charge in [-0.3, -0.25) is 9.69 Å². The van der Waals surface area contributed by atoms with Gasteiger partial charge in [0.15, 0.2) is 0 Å². The van der Waals surface area contributed by atoms with Gasteiger partial charge in [-0.15, -0.1) is 0 Å². The number of hydrogen-bond acceptors (Lipinski definition) is 4. The van der Waals surface area contributed by atoms with Crippen molar-refractivity contribution in [2.45, 2.75) is 200 Å². The maximum Gasteiger partial charge on any atom is 0.221 e. The molecule has 0 bridgehead atoms. The van der Waals surface area contributed by atoms with Crippen LogP contribution in [0.5, 0.6) is 0 Å². The first-order valence-electron chi connectivity index (χ1n) is 21.6. The van der Waals surface area contributed by atoms with Crippen LogP contribution in [0.3, 0.4) is 0 Å². The van der Waals surface area contributed by atoms with Gasteiger partial charge in [0.1, 0.15) is 0 Å². The molecule has 0 unspecified atom stereocenters. The number of ether oxygens (including phenoxy) is 2. The molecular formula is C44H86N2O3. The summed E-state index contributed by atoms with van der Waals surface area (Å²) in [4.78, 5) is 14.1. The fourth-order valence-corrected chi connectivity index (χ4v) is 6.21. The smallest absolute Gasteiger partial charge is 0.221 e. The quantitative estimate of drug-likeness (QED) is 0.0512. The molecule has 0 rings (SSSR count). The van der Waals surface area contributed by atoms with Gasteiger partial charge >= 0.3 is 0 Å². The van der Waals surface area contributed by atoms with Crippen molar-refractivity contribution in [1.29, 1.82) is 0 Å². The molecule has 0 aliphatic rings. The van der Waals surface area contributed by atoms with Gasteiger partial charge in [0.2, 0.25) is 5.91 Å². The highest BCUT2D eigenvalue weighted by atomic mass is 16.5. The molecule has 5 heteroatoms. The highest BCUT2D eigenvalue weighted by Gasteiger charge is 2.08. The molecule has 1 amide bonds. The van der Waals surface area contributed by atoms with Crippen LogP contribution in [0.2, 0.25) is 0 Å². The van der Waals surface area contributed by atoms with Crippen LogP contribution in [-0.2, 0) is 14.3 Å². The van der Waals surface area contributed by atoms with Gasteiger partial charge in [-0.25, -0.2) is 0 Å². The van der Waals surface area contributed by atoms with Crippen molar-refractivity contribution in [2.75, 3.05) is 53.1 Å². The minimum Gasteiger partial charge on any atom is -0.380 e. The van der Waals surface area contributed by atoms with Gasteiger partial charge in [0, 0.05) is 46.3 Å². The standard InChI is InChI=1S/C44H86N2O3/c1-4-6-8-10-12-14-16-18-20-22-24-26-28-30-32-34-40-48-42-38-46(37-36-44(47)45-3)39-43-49-41-35-33-31-29-27-25-23-21-19-17-15-13-11-9-7-5-2/h18-21H,4-17,22-43H2,1-3H3,(H,45,47)/b20-18-,21-19-. The molecule has 0 fully saturated rings. The molecule has 5 nitrogen and oxygen atoms in total. The van der Waals surface area contributed by atoms with Crippen molar-refractivity contribution >= 4 is 5.91 Å². The van der Waals surface area contributed by atoms with Crippen LogP contribution >= 0.6 is 0 Å². The molecule has 0 aromatic rings. The topological polar surface area (TPSA) is 50.8 Å². The minimum absolute atomic E-state index is 0.0974. The second-order valence-electron chi connectivity index (χ2n) is 14.4. The Balaban J connectivity index is 3.65. The predicted molar refractivity (Wildman–Crippen MR) is 216 cm³/mol. The van der Waals surface area contributed by atoms with Gasteiger partial charge in [0.05, 0.1) is 13.2 Å². The first kappa shape index (κ1) is 47.8. The molecule has 0 aromatic carbocycles. The second kappa shape index (κ2) is 43.0. The number of carbonyl (C=O) groups is 1. The van der Waals surface area contributed by atoms with E-state index >= 15 is 0 Å². The van der Waals surface area contributed by atoms with Crippen LogP contribution in [0, 0.1) is 0 Å². The van der Waals surface area contributed by atoms with E-state index in [2.05, 4.69) is 48.4 Å². The van der Waals surface area contributed by atoms with E-state index in [1.165, 1.54) is 167 Å². The van der Waals surface area contributed by atoms with Crippen LogP contribution in [0.15, 0.2) is 24.3 Å². The third kappa shape index (κ3) is 41.1. The Hall–Kier alpha value is -1.17. The summed E-state index contributed by atoms with van der Waals surface area (Å²) >= 11 is 0. The molecule has 0 atom stereocenters. The summed E-state index contributed by atoms with van der Waals surface area (Å²) in [6, 6.07) is 0. The maximum atomic E-state index is 11.8. The predicted octanol–water partition coefficient (Wildman–Crippen LogP) is 12.5. The van der Waals surface area contributed by atoms with Crippen molar-refractivity contribution in [3.8, 4) is 0 Å². The van der Waals surface area contributed by atoms with Crippen molar-refractivity contribution in [3.05, 3.63) is 24.3 Å². The second-order valence-corrected chi connectivity index (χ2v) is 14.4. The Morgan fingerprint density at radius 2 is 0.776 bits per heavy atom. The van der Waals surface area contributed by atoms with Crippen molar-refractivity contribution in [1.82, 2.24) is 10.2 Å². The summed E-state index contributed by atoms with van der Waals surface area (Å²) < 4.78 is 11.9.